The first-order valence-corrected chi connectivity index (χ1v) is 5.75. The standard InChI is InChI=1S/C10H14N2OS/c1-7(13)5-8-6-12-10(14-8)9-3-2-4-11-9/h6,9,11H,2-5H2,1H3. The van der Waals surface area contributed by atoms with E-state index in [0.29, 0.717) is 12.5 Å². The highest BCUT2D eigenvalue weighted by molar-refractivity contribution is 7.11. The number of Topliss-reactive ketones (excluding diaryl/α,β-unsaturated/α-hetero) is 1. The van der Waals surface area contributed by atoms with Crippen LogP contribution in [-0.4, -0.2) is 17.3 Å². The molecule has 0 saturated carbocycles. The molecule has 1 aliphatic rings. The van der Waals surface area contributed by atoms with Crippen LogP contribution in [0.25, 0.3) is 0 Å². The average Bonchev–Trinajstić information content (AvgIpc) is 2.69. The van der Waals surface area contributed by atoms with Gasteiger partial charge < -0.3 is 5.32 Å². The Labute approximate surface area is 87.6 Å². The second kappa shape index (κ2) is 4.19. The van der Waals surface area contributed by atoms with Gasteiger partial charge in [0.05, 0.1) is 6.04 Å². The summed E-state index contributed by atoms with van der Waals surface area (Å²) in [5.74, 6) is 0.208. The van der Waals surface area contributed by atoms with Crippen LogP contribution in [0.4, 0.5) is 0 Å². The molecule has 76 valence electrons. The van der Waals surface area contributed by atoms with Crippen molar-refractivity contribution in [1.29, 1.82) is 0 Å². The normalized spacial score (nSPS) is 21.4. The van der Waals surface area contributed by atoms with E-state index in [4.69, 9.17) is 0 Å². The predicted molar refractivity (Wildman–Crippen MR) is 56.5 cm³/mol. The molecule has 1 aliphatic heterocycles. The second-order valence-corrected chi connectivity index (χ2v) is 4.84. The first-order valence-electron chi connectivity index (χ1n) is 4.93. The summed E-state index contributed by atoms with van der Waals surface area (Å²) in [7, 11) is 0. The molecule has 0 radical (unpaired) electrons. The van der Waals surface area contributed by atoms with E-state index in [-0.39, 0.29) is 5.78 Å². The van der Waals surface area contributed by atoms with Gasteiger partial charge in [0, 0.05) is 17.5 Å². The Morgan fingerprint density at radius 3 is 3.29 bits per heavy atom. The Morgan fingerprint density at radius 2 is 2.64 bits per heavy atom. The number of carbonyl (C=O) groups excluding carboxylic acids is 1. The number of ketones is 1. The molecular formula is C10H14N2OS. The van der Waals surface area contributed by atoms with Crippen molar-refractivity contribution in [3.63, 3.8) is 0 Å². The highest BCUT2D eigenvalue weighted by Crippen LogP contribution is 2.26. The number of rotatable bonds is 3. The summed E-state index contributed by atoms with van der Waals surface area (Å²) < 4.78 is 0. The number of carbonyl (C=O) groups is 1. The second-order valence-electron chi connectivity index (χ2n) is 3.69. The van der Waals surface area contributed by atoms with Gasteiger partial charge in [-0.05, 0) is 26.3 Å². The fraction of sp³-hybridized carbons (Fsp3) is 0.600. The van der Waals surface area contributed by atoms with E-state index in [9.17, 15) is 4.79 Å². The van der Waals surface area contributed by atoms with Gasteiger partial charge >= 0.3 is 0 Å². The van der Waals surface area contributed by atoms with Gasteiger partial charge in [-0.3, -0.25) is 4.79 Å². The minimum absolute atomic E-state index is 0.208. The van der Waals surface area contributed by atoms with Gasteiger partial charge in [-0.25, -0.2) is 4.98 Å². The van der Waals surface area contributed by atoms with Gasteiger partial charge in [0.25, 0.3) is 0 Å². The minimum atomic E-state index is 0.208. The largest absolute Gasteiger partial charge is 0.308 e. The summed E-state index contributed by atoms with van der Waals surface area (Å²) in [5, 5.41) is 4.54. The highest BCUT2D eigenvalue weighted by Gasteiger charge is 2.19. The molecule has 1 saturated heterocycles. The van der Waals surface area contributed by atoms with E-state index in [1.807, 2.05) is 6.20 Å². The lowest BCUT2D eigenvalue weighted by Gasteiger charge is -2.03. The minimum Gasteiger partial charge on any atom is -0.308 e. The van der Waals surface area contributed by atoms with Crippen LogP contribution >= 0.6 is 11.3 Å². The Balaban J connectivity index is 2.05. The highest BCUT2D eigenvalue weighted by atomic mass is 32.1. The summed E-state index contributed by atoms with van der Waals surface area (Å²) in [5.41, 5.74) is 0. The third-order valence-electron chi connectivity index (χ3n) is 2.35. The summed E-state index contributed by atoms with van der Waals surface area (Å²) in [4.78, 5) is 16.3. The van der Waals surface area contributed by atoms with Crippen LogP contribution in [0.2, 0.25) is 0 Å². The van der Waals surface area contributed by atoms with E-state index >= 15 is 0 Å². The van der Waals surface area contributed by atoms with Crippen molar-refractivity contribution in [1.82, 2.24) is 10.3 Å². The third kappa shape index (κ3) is 2.19. The van der Waals surface area contributed by atoms with Crippen LogP contribution in [0.15, 0.2) is 6.20 Å². The molecule has 0 bridgehead atoms. The molecule has 1 N–H and O–H groups in total. The van der Waals surface area contributed by atoms with E-state index < -0.39 is 0 Å². The van der Waals surface area contributed by atoms with Crippen LogP contribution in [0.5, 0.6) is 0 Å². The number of aromatic nitrogens is 1. The number of nitrogens with zero attached hydrogens (tertiary/aromatic N) is 1. The number of nitrogens with one attached hydrogen (secondary N) is 1. The van der Waals surface area contributed by atoms with E-state index in [0.717, 1.165) is 16.4 Å². The van der Waals surface area contributed by atoms with Crippen LogP contribution in [0.3, 0.4) is 0 Å². The molecule has 1 aromatic heterocycles. The Morgan fingerprint density at radius 1 is 1.79 bits per heavy atom. The first kappa shape index (κ1) is 9.80. The molecule has 0 aliphatic carbocycles. The number of hydrogen-bond acceptors (Lipinski definition) is 4. The number of hydrogen-bond donors (Lipinski definition) is 1. The number of thiazole rings is 1. The zero-order chi connectivity index (χ0) is 9.97. The first-order chi connectivity index (χ1) is 6.75. The van der Waals surface area contributed by atoms with Gasteiger partial charge in [0.1, 0.15) is 10.8 Å². The average molecular weight is 210 g/mol. The van der Waals surface area contributed by atoms with Gasteiger partial charge in [0.15, 0.2) is 0 Å². The van der Waals surface area contributed by atoms with E-state index in [1.54, 1.807) is 18.3 Å². The van der Waals surface area contributed by atoms with Crippen molar-refractivity contribution in [3.05, 3.63) is 16.1 Å². The topological polar surface area (TPSA) is 42.0 Å². The Kier molecular flexibility index (Phi) is 2.93. The van der Waals surface area contributed by atoms with Gasteiger partial charge in [-0.15, -0.1) is 11.3 Å². The van der Waals surface area contributed by atoms with Crippen LogP contribution < -0.4 is 5.32 Å². The molecule has 0 aromatic carbocycles. The maximum atomic E-state index is 10.9. The van der Waals surface area contributed by atoms with Crippen LogP contribution in [0, 0.1) is 0 Å². The van der Waals surface area contributed by atoms with E-state index in [2.05, 4.69) is 10.3 Å². The van der Waals surface area contributed by atoms with Gasteiger partial charge in [-0.2, -0.15) is 0 Å². The molecule has 1 fully saturated rings. The molecule has 2 rings (SSSR count). The van der Waals surface area contributed by atoms with Crippen molar-refractivity contribution in [2.45, 2.75) is 32.2 Å². The van der Waals surface area contributed by atoms with Crippen LogP contribution in [-0.2, 0) is 11.2 Å². The molecular weight excluding hydrogens is 196 g/mol. The molecule has 4 heteroatoms. The fourth-order valence-corrected chi connectivity index (χ4v) is 2.80. The van der Waals surface area contributed by atoms with Crippen LogP contribution in [0.1, 0.15) is 35.7 Å². The molecule has 1 atom stereocenters. The van der Waals surface area contributed by atoms with Gasteiger partial charge in [-0.1, -0.05) is 0 Å². The lowest BCUT2D eigenvalue weighted by Crippen LogP contribution is -2.12. The molecule has 3 nitrogen and oxygen atoms in total. The molecule has 1 unspecified atom stereocenters. The zero-order valence-electron chi connectivity index (χ0n) is 8.25. The van der Waals surface area contributed by atoms with Gasteiger partial charge in [0.2, 0.25) is 0 Å². The third-order valence-corrected chi connectivity index (χ3v) is 3.46. The van der Waals surface area contributed by atoms with Crippen molar-refractivity contribution in [2.24, 2.45) is 0 Å². The summed E-state index contributed by atoms with van der Waals surface area (Å²) in [6.45, 7) is 2.71. The monoisotopic (exact) mass is 210 g/mol. The predicted octanol–water partition coefficient (Wildman–Crippen LogP) is 1.70. The fourth-order valence-electron chi connectivity index (χ4n) is 1.71. The summed E-state index contributed by atoms with van der Waals surface area (Å²) in [6, 6.07) is 0.431. The molecule has 2 heterocycles. The Bertz CT molecular complexity index is 329. The Hall–Kier alpha value is -0.740. The summed E-state index contributed by atoms with van der Waals surface area (Å²) >= 11 is 1.66. The lowest BCUT2D eigenvalue weighted by atomic mass is 10.2. The molecule has 0 amide bonds. The quantitative estimate of drug-likeness (QED) is 0.825. The molecule has 0 spiro atoms. The van der Waals surface area contributed by atoms with Crippen molar-refractivity contribution in [3.8, 4) is 0 Å². The molecule has 1 aromatic rings. The zero-order valence-corrected chi connectivity index (χ0v) is 9.06. The van der Waals surface area contributed by atoms with Crippen molar-refractivity contribution < 1.29 is 4.79 Å². The smallest absolute Gasteiger partial charge is 0.135 e. The maximum Gasteiger partial charge on any atom is 0.135 e. The maximum absolute atomic E-state index is 10.9. The van der Waals surface area contributed by atoms with Crippen molar-refractivity contribution in [2.75, 3.05) is 6.54 Å². The van der Waals surface area contributed by atoms with E-state index in [1.165, 1.54) is 12.8 Å². The van der Waals surface area contributed by atoms with Crippen molar-refractivity contribution >= 4 is 17.1 Å². The SMILES string of the molecule is CC(=O)Cc1cnc(C2CCCN2)s1. The molecule has 14 heavy (non-hydrogen) atoms. The lowest BCUT2D eigenvalue weighted by molar-refractivity contribution is -0.116. The summed E-state index contributed by atoms with van der Waals surface area (Å²) in [6.07, 6.45) is 4.77.